The van der Waals surface area contributed by atoms with Crippen molar-refractivity contribution in [3.05, 3.63) is 123 Å². The van der Waals surface area contributed by atoms with Crippen LogP contribution in [0.1, 0.15) is 33.9 Å². The lowest BCUT2D eigenvalue weighted by Crippen LogP contribution is -2.29. The fourth-order valence-corrected chi connectivity index (χ4v) is 7.47. The molecule has 0 radical (unpaired) electrons. The monoisotopic (exact) mass is 729 g/mol. The minimum atomic E-state index is -1.11. The summed E-state index contributed by atoms with van der Waals surface area (Å²) in [4.78, 5) is 28.9. The number of aromatic nitrogens is 2. The number of hydrogen-bond donors (Lipinski definition) is 1. The molecule has 256 valence electrons. The number of thioether (sulfide) groups is 1. The lowest BCUT2D eigenvalue weighted by Gasteiger charge is -2.24. The van der Waals surface area contributed by atoms with E-state index in [9.17, 15) is 14.7 Å². The zero-order valence-corrected chi connectivity index (χ0v) is 29.9. The van der Waals surface area contributed by atoms with Crippen LogP contribution in [0, 0.1) is 6.92 Å². The van der Waals surface area contributed by atoms with Crippen LogP contribution in [0.2, 0.25) is 5.02 Å². The number of aryl methyl sites for hydroxylation is 1. The smallest absolute Gasteiger partial charge is 0.301 e. The third-order valence-corrected chi connectivity index (χ3v) is 10.3. The topological polar surface area (TPSA) is 120 Å². The molecule has 1 aromatic heterocycles. The Morgan fingerprint density at radius 2 is 1.60 bits per heavy atom. The van der Waals surface area contributed by atoms with Crippen LogP contribution in [0.3, 0.4) is 0 Å². The predicted octanol–water partition coefficient (Wildman–Crippen LogP) is 8.02. The molecule has 1 atom stereocenters. The third kappa shape index (κ3) is 7.28. The molecule has 0 saturated carbocycles. The van der Waals surface area contributed by atoms with Gasteiger partial charge in [0.15, 0.2) is 15.8 Å². The van der Waals surface area contributed by atoms with Crippen LogP contribution < -0.4 is 23.8 Å². The molecule has 1 aliphatic heterocycles. The van der Waals surface area contributed by atoms with Crippen molar-refractivity contribution in [3.8, 4) is 23.0 Å². The number of halogens is 1. The highest BCUT2D eigenvalue weighted by Gasteiger charge is 2.49. The normalized spacial score (nSPS) is 15.3. The molecular weight excluding hydrogens is 698 g/mol. The number of amides is 1. The fraction of sp³-hybridized carbons (Fsp3) is 0.189. The van der Waals surface area contributed by atoms with Crippen molar-refractivity contribution in [3.63, 3.8) is 0 Å². The number of rotatable bonds is 12. The number of Topliss-reactive ketones (excluding diaryl/α,β-unsaturated/α-hetero) is 1. The van der Waals surface area contributed by atoms with Crippen LogP contribution in [-0.2, 0) is 21.9 Å². The Morgan fingerprint density at radius 3 is 2.24 bits per heavy atom. The van der Waals surface area contributed by atoms with Crippen molar-refractivity contribution in [2.75, 3.05) is 26.2 Å². The summed E-state index contributed by atoms with van der Waals surface area (Å²) in [7, 11) is 4.41. The maximum atomic E-state index is 13.8. The summed E-state index contributed by atoms with van der Waals surface area (Å²) < 4.78 is 23.2. The lowest BCUT2D eigenvalue weighted by molar-refractivity contribution is -0.132. The van der Waals surface area contributed by atoms with Gasteiger partial charge in [-0.1, -0.05) is 76.7 Å². The molecular formula is C37H32ClN3O7S2. The molecule has 4 aromatic carbocycles. The number of aliphatic hydroxyl groups is 1. The number of methoxy groups -OCH3 is 3. The summed E-state index contributed by atoms with van der Waals surface area (Å²) in [6.07, 6.45) is 0. The Morgan fingerprint density at radius 1 is 0.900 bits per heavy atom. The van der Waals surface area contributed by atoms with Crippen molar-refractivity contribution in [2.24, 2.45) is 0 Å². The highest BCUT2D eigenvalue weighted by molar-refractivity contribution is 8.00. The highest BCUT2D eigenvalue weighted by Crippen LogP contribution is 2.48. The Balaban J connectivity index is 1.37. The largest absolute Gasteiger partial charge is 0.507 e. The molecule has 6 rings (SSSR count). The van der Waals surface area contributed by atoms with Crippen molar-refractivity contribution < 1.29 is 33.6 Å². The maximum Gasteiger partial charge on any atom is 0.301 e. The number of nitrogens with zero attached hydrogens (tertiary/aromatic N) is 3. The lowest BCUT2D eigenvalue weighted by atomic mass is 9.94. The third-order valence-electron chi connectivity index (χ3n) is 7.94. The van der Waals surface area contributed by atoms with E-state index in [1.165, 1.54) is 38.0 Å². The van der Waals surface area contributed by atoms with Crippen LogP contribution >= 0.6 is 34.7 Å². The molecule has 5 aromatic rings. The average Bonchev–Trinajstić information content (AvgIpc) is 3.71. The molecule has 50 heavy (non-hydrogen) atoms. The molecule has 1 amide bonds. The molecule has 1 unspecified atom stereocenters. The molecule has 2 heterocycles. The van der Waals surface area contributed by atoms with E-state index in [4.69, 9.17) is 30.5 Å². The molecule has 1 N–H and O–H groups in total. The fourth-order valence-electron chi connectivity index (χ4n) is 5.52. The van der Waals surface area contributed by atoms with Gasteiger partial charge in [-0.2, -0.15) is 0 Å². The quantitative estimate of drug-likeness (QED) is 0.0444. The summed E-state index contributed by atoms with van der Waals surface area (Å²) in [5.74, 6) is -0.0166. The first-order valence-electron chi connectivity index (χ1n) is 15.3. The Hall–Kier alpha value is -5.04. The number of hydrogen-bond acceptors (Lipinski definition) is 11. The zero-order chi connectivity index (χ0) is 35.4. The van der Waals surface area contributed by atoms with Gasteiger partial charge in [0.1, 0.15) is 18.1 Å². The number of anilines is 1. The summed E-state index contributed by atoms with van der Waals surface area (Å²) in [6, 6.07) is 24.3. The minimum absolute atomic E-state index is 0.136. The number of ketones is 1. The molecule has 0 spiro atoms. The van der Waals surface area contributed by atoms with E-state index in [1.807, 2.05) is 55.5 Å². The van der Waals surface area contributed by atoms with Gasteiger partial charge in [-0.3, -0.25) is 14.5 Å². The Labute approximate surface area is 302 Å². The predicted molar refractivity (Wildman–Crippen MR) is 194 cm³/mol. The summed E-state index contributed by atoms with van der Waals surface area (Å²) >= 11 is 8.62. The van der Waals surface area contributed by atoms with Crippen molar-refractivity contribution in [2.45, 2.75) is 29.7 Å². The molecule has 1 fully saturated rings. The van der Waals surface area contributed by atoms with Gasteiger partial charge in [-0.15, -0.1) is 10.2 Å². The first-order chi connectivity index (χ1) is 24.2. The van der Waals surface area contributed by atoms with Crippen LogP contribution in [0.4, 0.5) is 5.13 Å². The molecule has 10 nitrogen and oxygen atoms in total. The van der Waals surface area contributed by atoms with E-state index >= 15 is 0 Å². The molecule has 0 bridgehead atoms. The van der Waals surface area contributed by atoms with Crippen LogP contribution in [0.5, 0.6) is 23.0 Å². The van der Waals surface area contributed by atoms with Gasteiger partial charge < -0.3 is 24.1 Å². The number of ether oxygens (including phenoxy) is 4. The van der Waals surface area contributed by atoms with Crippen LogP contribution in [0.15, 0.2) is 94.8 Å². The first kappa shape index (κ1) is 34.8. The van der Waals surface area contributed by atoms with E-state index in [2.05, 4.69) is 10.2 Å². The first-order valence-corrected chi connectivity index (χ1v) is 17.5. The summed E-state index contributed by atoms with van der Waals surface area (Å²) in [6.45, 7) is 2.38. The van der Waals surface area contributed by atoms with Crippen LogP contribution in [0.25, 0.3) is 5.76 Å². The van der Waals surface area contributed by atoms with Gasteiger partial charge in [0.05, 0.1) is 32.9 Å². The second-order valence-electron chi connectivity index (χ2n) is 11.2. The number of benzene rings is 4. The highest BCUT2D eigenvalue weighted by atomic mass is 35.5. The van der Waals surface area contributed by atoms with E-state index in [0.717, 1.165) is 28.0 Å². The van der Waals surface area contributed by atoms with Crippen molar-refractivity contribution in [1.82, 2.24) is 10.2 Å². The van der Waals surface area contributed by atoms with E-state index < -0.39 is 17.7 Å². The second-order valence-corrected chi connectivity index (χ2v) is 13.8. The number of carbonyl (C=O) groups excluding carboxylic acids is 2. The maximum absolute atomic E-state index is 13.8. The van der Waals surface area contributed by atoms with Gasteiger partial charge in [0, 0.05) is 16.3 Å². The van der Waals surface area contributed by atoms with E-state index in [1.54, 1.807) is 36.4 Å². The van der Waals surface area contributed by atoms with E-state index in [-0.39, 0.29) is 16.5 Å². The van der Waals surface area contributed by atoms with Crippen molar-refractivity contribution in [1.29, 1.82) is 0 Å². The molecule has 1 aliphatic rings. The molecule has 0 aliphatic carbocycles. The van der Waals surface area contributed by atoms with Gasteiger partial charge in [-0.25, -0.2) is 0 Å². The van der Waals surface area contributed by atoms with Crippen LogP contribution in [-0.4, -0.2) is 48.3 Å². The van der Waals surface area contributed by atoms with Crippen molar-refractivity contribution >= 4 is 57.3 Å². The Kier molecular flexibility index (Phi) is 10.6. The van der Waals surface area contributed by atoms with Gasteiger partial charge >= 0.3 is 5.91 Å². The SMILES string of the molecule is COc1cc(C2/C(=C(\O)c3ccc(OCc4cccc(C)c4)cc3)C(=O)C(=O)N2c2nnc(SCc3ccc(Cl)cc3)s2)cc(OC)c1OC. The number of aliphatic hydroxyl groups excluding tert-OH is 1. The molecule has 1 saturated heterocycles. The summed E-state index contributed by atoms with van der Waals surface area (Å²) in [5, 5.41) is 21.2. The Bertz CT molecular complexity index is 2040. The zero-order valence-electron chi connectivity index (χ0n) is 27.5. The summed E-state index contributed by atoms with van der Waals surface area (Å²) in [5.41, 5.74) is 3.78. The minimum Gasteiger partial charge on any atom is -0.507 e. The standard InChI is InChI=1S/C37H32ClN3O7S2/c1-21-6-5-7-23(16-21)19-48-27-14-10-24(11-15-27)32(42)30-31(25-17-28(45-2)34(47-4)29(18-25)46-3)41(35(44)33(30)43)36-39-40-37(50-36)49-20-22-8-12-26(38)13-9-22/h5-18,31,42H,19-20H2,1-4H3/b32-30+. The van der Waals surface area contributed by atoms with E-state index in [0.29, 0.717) is 55.8 Å². The second kappa shape index (κ2) is 15.2. The van der Waals surface area contributed by atoms with Gasteiger partial charge in [0.25, 0.3) is 5.78 Å². The van der Waals surface area contributed by atoms with Gasteiger partial charge in [-0.05, 0) is 72.1 Å². The number of carbonyl (C=O) groups is 2. The average molecular weight is 730 g/mol. The molecule has 13 heteroatoms. The van der Waals surface area contributed by atoms with Gasteiger partial charge in [0.2, 0.25) is 10.9 Å².